The van der Waals surface area contributed by atoms with Gasteiger partial charge in [-0.3, -0.25) is 0 Å². The fourth-order valence-corrected chi connectivity index (χ4v) is 5.91. The Kier molecular flexibility index (Phi) is 4.29. The first-order valence-corrected chi connectivity index (χ1v) is 12.7. The molecule has 0 unspecified atom stereocenters. The first kappa shape index (κ1) is 20.3. The summed E-state index contributed by atoms with van der Waals surface area (Å²) in [6, 6.07) is 47.8. The van der Waals surface area contributed by atoms with Crippen LogP contribution in [0.15, 0.2) is 138 Å². The predicted octanol–water partition coefficient (Wildman–Crippen LogP) is 10.4. The van der Waals surface area contributed by atoms with Gasteiger partial charge in [0.25, 0.3) is 0 Å². The molecule has 1 nitrogen and oxygen atoms in total. The molecule has 0 N–H and O–H groups in total. The summed E-state index contributed by atoms with van der Waals surface area (Å²) in [5.74, 6) is 0. The van der Waals surface area contributed by atoms with Crippen LogP contribution in [0.1, 0.15) is 0 Å². The zero-order valence-electron chi connectivity index (χ0n) is 20.1. The van der Waals surface area contributed by atoms with Crippen molar-refractivity contribution in [1.82, 2.24) is 0 Å². The molecule has 0 spiro atoms. The van der Waals surface area contributed by atoms with Crippen LogP contribution in [-0.2, 0) is 0 Å². The summed E-state index contributed by atoms with van der Waals surface area (Å²) in [6.45, 7) is 0. The van der Waals surface area contributed by atoms with E-state index in [1.165, 1.54) is 54.6 Å². The van der Waals surface area contributed by atoms with E-state index in [1.54, 1.807) is 0 Å². The summed E-state index contributed by atoms with van der Waals surface area (Å²) < 4.78 is 6.65. The molecule has 0 fully saturated rings. The molecule has 0 bridgehead atoms. The Morgan fingerprint density at radius 3 is 1.97 bits per heavy atom. The van der Waals surface area contributed by atoms with Crippen LogP contribution in [0.25, 0.3) is 76.5 Å². The Hall–Kier alpha value is -4.88. The molecular weight excluding hydrogens is 448 g/mol. The molecule has 1 heterocycles. The molecule has 172 valence electrons. The Morgan fingerprint density at radius 1 is 0.378 bits per heavy atom. The molecule has 0 amide bonds. The van der Waals surface area contributed by atoms with Gasteiger partial charge in [-0.25, -0.2) is 0 Å². The van der Waals surface area contributed by atoms with Gasteiger partial charge in [-0.2, -0.15) is 0 Å². The standard InChI is InChI=1S/C36H22O/c1-2-9-23(10-3-1)25-17-20-32-34(22-25)37-36-31-19-18-26(28-16-8-12-24-11-4-5-13-27(24)28)21-33(31)29-14-6-7-15-30(29)35(32)36/h1-22H. The number of benzene rings is 7. The lowest BCUT2D eigenvalue weighted by Crippen LogP contribution is -1.85. The number of furan rings is 1. The molecule has 0 aliphatic carbocycles. The van der Waals surface area contributed by atoms with E-state index in [9.17, 15) is 0 Å². The molecule has 0 aliphatic rings. The van der Waals surface area contributed by atoms with Crippen LogP contribution in [0.4, 0.5) is 0 Å². The predicted molar refractivity (Wildman–Crippen MR) is 157 cm³/mol. The van der Waals surface area contributed by atoms with Gasteiger partial charge in [0, 0.05) is 16.2 Å². The summed E-state index contributed by atoms with van der Waals surface area (Å²) in [7, 11) is 0. The fourth-order valence-electron chi connectivity index (χ4n) is 5.91. The lowest BCUT2D eigenvalue weighted by molar-refractivity contribution is 0.673. The smallest absolute Gasteiger partial charge is 0.143 e. The normalized spacial score (nSPS) is 11.8. The second-order valence-electron chi connectivity index (χ2n) is 9.72. The Morgan fingerprint density at radius 2 is 1.08 bits per heavy atom. The molecule has 8 rings (SSSR count). The minimum atomic E-state index is 0.923. The third-order valence-electron chi connectivity index (χ3n) is 7.65. The van der Waals surface area contributed by atoms with Gasteiger partial charge in [0.1, 0.15) is 11.2 Å². The zero-order chi connectivity index (χ0) is 24.3. The number of fused-ring (bicyclic) bond motifs is 9. The van der Waals surface area contributed by atoms with Gasteiger partial charge in [-0.15, -0.1) is 0 Å². The topological polar surface area (TPSA) is 13.1 Å². The first-order valence-electron chi connectivity index (χ1n) is 12.7. The van der Waals surface area contributed by atoms with Gasteiger partial charge in [0.2, 0.25) is 0 Å². The number of hydrogen-bond acceptors (Lipinski definition) is 1. The molecule has 7 aromatic carbocycles. The average Bonchev–Trinajstić information content (AvgIpc) is 3.36. The largest absolute Gasteiger partial charge is 0.455 e. The lowest BCUT2D eigenvalue weighted by Gasteiger charge is -2.11. The molecular formula is C36H22O. The zero-order valence-corrected chi connectivity index (χ0v) is 20.1. The molecule has 0 radical (unpaired) electrons. The van der Waals surface area contributed by atoms with Crippen molar-refractivity contribution in [3.63, 3.8) is 0 Å². The maximum Gasteiger partial charge on any atom is 0.143 e. The molecule has 8 aromatic rings. The molecule has 1 heteroatoms. The van der Waals surface area contributed by atoms with Crippen LogP contribution >= 0.6 is 0 Å². The molecule has 1 aromatic heterocycles. The van der Waals surface area contributed by atoms with Crippen molar-refractivity contribution in [1.29, 1.82) is 0 Å². The molecule has 37 heavy (non-hydrogen) atoms. The van der Waals surface area contributed by atoms with Crippen LogP contribution in [0.3, 0.4) is 0 Å². The van der Waals surface area contributed by atoms with Crippen LogP contribution in [-0.4, -0.2) is 0 Å². The monoisotopic (exact) mass is 470 g/mol. The minimum Gasteiger partial charge on any atom is -0.455 e. The van der Waals surface area contributed by atoms with Crippen molar-refractivity contribution in [2.45, 2.75) is 0 Å². The van der Waals surface area contributed by atoms with Crippen LogP contribution in [0.2, 0.25) is 0 Å². The van der Waals surface area contributed by atoms with Crippen molar-refractivity contribution in [2.24, 2.45) is 0 Å². The van der Waals surface area contributed by atoms with E-state index < -0.39 is 0 Å². The van der Waals surface area contributed by atoms with E-state index in [1.807, 2.05) is 6.07 Å². The van der Waals surface area contributed by atoms with Crippen LogP contribution in [0.5, 0.6) is 0 Å². The van der Waals surface area contributed by atoms with E-state index in [4.69, 9.17) is 4.42 Å². The molecule has 0 aliphatic heterocycles. The van der Waals surface area contributed by atoms with Gasteiger partial charge in [-0.1, -0.05) is 109 Å². The third kappa shape index (κ3) is 3.04. The summed E-state index contributed by atoms with van der Waals surface area (Å²) in [4.78, 5) is 0. The first-order chi connectivity index (χ1) is 18.3. The van der Waals surface area contributed by atoms with Crippen molar-refractivity contribution in [3.05, 3.63) is 133 Å². The van der Waals surface area contributed by atoms with Gasteiger partial charge >= 0.3 is 0 Å². The van der Waals surface area contributed by atoms with Crippen molar-refractivity contribution >= 4 is 54.3 Å². The Labute approximate surface area is 214 Å². The Balaban J connectivity index is 1.44. The second kappa shape index (κ2) is 7.81. The SMILES string of the molecule is c1ccc(-c2ccc3c(c2)oc2c4ccc(-c5cccc6ccccc56)cc4c4ccccc4c32)cc1. The highest BCUT2D eigenvalue weighted by molar-refractivity contribution is 6.30. The molecule has 0 saturated heterocycles. The van der Waals surface area contributed by atoms with Gasteiger partial charge < -0.3 is 4.42 Å². The van der Waals surface area contributed by atoms with Crippen molar-refractivity contribution in [3.8, 4) is 22.3 Å². The third-order valence-corrected chi connectivity index (χ3v) is 7.65. The average molecular weight is 471 g/mol. The summed E-state index contributed by atoms with van der Waals surface area (Å²) in [5, 5.41) is 9.72. The molecule has 0 saturated carbocycles. The van der Waals surface area contributed by atoms with E-state index >= 15 is 0 Å². The highest BCUT2D eigenvalue weighted by atomic mass is 16.3. The molecule has 0 atom stereocenters. The maximum atomic E-state index is 6.65. The van der Waals surface area contributed by atoms with E-state index in [0.717, 1.165) is 21.9 Å². The summed E-state index contributed by atoms with van der Waals surface area (Å²) in [5.41, 5.74) is 6.71. The summed E-state index contributed by atoms with van der Waals surface area (Å²) >= 11 is 0. The van der Waals surface area contributed by atoms with Crippen molar-refractivity contribution < 1.29 is 4.42 Å². The van der Waals surface area contributed by atoms with E-state index in [0.29, 0.717) is 0 Å². The minimum absolute atomic E-state index is 0.923. The van der Waals surface area contributed by atoms with Crippen LogP contribution in [0, 0.1) is 0 Å². The van der Waals surface area contributed by atoms with E-state index in [2.05, 4.69) is 127 Å². The second-order valence-corrected chi connectivity index (χ2v) is 9.72. The summed E-state index contributed by atoms with van der Waals surface area (Å²) in [6.07, 6.45) is 0. The number of rotatable bonds is 2. The lowest BCUT2D eigenvalue weighted by atomic mass is 9.92. The highest BCUT2D eigenvalue weighted by Gasteiger charge is 2.17. The Bertz CT molecular complexity index is 2130. The van der Waals surface area contributed by atoms with Gasteiger partial charge in [0.05, 0.1) is 0 Å². The van der Waals surface area contributed by atoms with Gasteiger partial charge in [0.15, 0.2) is 0 Å². The maximum absolute atomic E-state index is 6.65. The quantitative estimate of drug-likeness (QED) is 0.229. The van der Waals surface area contributed by atoms with E-state index in [-0.39, 0.29) is 0 Å². The van der Waals surface area contributed by atoms with Crippen LogP contribution < -0.4 is 0 Å². The fraction of sp³-hybridized carbons (Fsp3) is 0. The highest BCUT2D eigenvalue weighted by Crippen LogP contribution is 2.43. The number of hydrogen-bond donors (Lipinski definition) is 0. The van der Waals surface area contributed by atoms with Crippen molar-refractivity contribution in [2.75, 3.05) is 0 Å². The van der Waals surface area contributed by atoms with Gasteiger partial charge in [-0.05, 0) is 73.5 Å².